The molecule has 0 amide bonds. The van der Waals surface area contributed by atoms with E-state index in [9.17, 15) is 23.1 Å². The lowest BCUT2D eigenvalue weighted by molar-refractivity contribution is -0.128. The molecule has 0 saturated carbocycles. The standard InChI is InChI=1S/C9H10F3NO3/c1-13-5(3-9(10,11)12)2-7(15)8(16)6(13)4-14/h2,14,16H,3-4H2,1H3. The number of aromatic hydroxyl groups is 1. The van der Waals surface area contributed by atoms with Crippen molar-refractivity contribution in [2.75, 3.05) is 0 Å². The molecule has 1 aromatic rings. The van der Waals surface area contributed by atoms with E-state index in [2.05, 4.69) is 0 Å². The summed E-state index contributed by atoms with van der Waals surface area (Å²) in [5.74, 6) is -0.726. The molecule has 1 heterocycles. The summed E-state index contributed by atoms with van der Waals surface area (Å²) >= 11 is 0. The Morgan fingerprint density at radius 2 is 2.00 bits per heavy atom. The Hall–Kier alpha value is -1.50. The Bertz CT molecular complexity index is 451. The van der Waals surface area contributed by atoms with E-state index in [0.717, 1.165) is 4.57 Å². The number of aliphatic hydroxyl groups is 1. The lowest BCUT2D eigenvalue weighted by Gasteiger charge is -2.15. The molecule has 0 unspecified atom stereocenters. The van der Waals surface area contributed by atoms with E-state index >= 15 is 0 Å². The molecule has 0 bridgehead atoms. The molecule has 90 valence electrons. The largest absolute Gasteiger partial charge is 0.503 e. The predicted octanol–water partition coefficient (Wildman–Crippen LogP) is 0.688. The van der Waals surface area contributed by atoms with Crippen LogP contribution in [-0.2, 0) is 20.1 Å². The van der Waals surface area contributed by atoms with Crippen LogP contribution in [0.5, 0.6) is 5.75 Å². The van der Waals surface area contributed by atoms with Gasteiger partial charge in [-0.1, -0.05) is 0 Å². The fraction of sp³-hybridized carbons (Fsp3) is 0.444. The first-order valence-corrected chi connectivity index (χ1v) is 4.34. The fourth-order valence-electron chi connectivity index (χ4n) is 1.35. The monoisotopic (exact) mass is 237 g/mol. The van der Waals surface area contributed by atoms with Crippen molar-refractivity contribution in [2.45, 2.75) is 19.2 Å². The van der Waals surface area contributed by atoms with Gasteiger partial charge in [0.05, 0.1) is 18.7 Å². The zero-order valence-corrected chi connectivity index (χ0v) is 8.38. The average Bonchev–Trinajstić information content (AvgIpc) is 2.13. The maximum Gasteiger partial charge on any atom is 0.394 e. The van der Waals surface area contributed by atoms with Crippen molar-refractivity contribution < 1.29 is 23.4 Å². The molecule has 0 aliphatic heterocycles. The van der Waals surface area contributed by atoms with E-state index in [1.807, 2.05) is 0 Å². The zero-order chi connectivity index (χ0) is 12.5. The predicted molar refractivity (Wildman–Crippen MR) is 49.0 cm³/mol. The SMILES string of the molecule is Cn1c(CC(F)(F)F)cc(=O)c(O)c1CO. The summed E-state index contributed by atoms with van der Waals surface area (Å²) in [5, 5.41) is 18.1. The Labute approximate surface area is 88.6 Å². The van der Waals surface area contributed by atoms with Crippen LogP contribution in [0, 0.1) is 0 Å². The molecule has 4 nitrogen and oxygen atoms in total. The van der Waals surface area contributed by atoms with E-state index < -0.39 is 30.4 Å². The summed E-state index contributed by atoms with van der Waals surface area (Å²) in [5.41, 5.74) is -1.47. The molecule has 0 aliphatic carbocycles. The Balaban J connectivity index is 3.32. The second kappa shape index (κ2) is 4.17. The van der Waals surface area contributed by atoms with Gasteiger partial charge in [0, 0.05) is 18.8 Å². The minimum absolute atomic E-state index is 0.230. The molecule has 1 rings (SSSR count). The lowest BCUT2D eigenvalue weighted by Crippen LogP contribution is -2.21. The highest BCUT2D eigenvalue weighted by atomic mass is 19.4. The summed E-state index contributed by atoms with van der Waals surface area (Å²) in [6, 6.07) is 0.710. The van der Waals surface area contributed by atoms with Crippen LogP contribution in [-0.4, -0.2) is 21.0 Å². The topological polar surface area (TPSA) is 62.5 Å². The first kappa shape index (κ1) is 12.6. The van der Waals surface area contributed by atoms with Gasteiger partial charge in [-0.15, -0.1) is 0 Å². The van der Waals surface area contributed by atoms with E-state index in [0.29, 0.717) is 6.07 Å². The number of halogens is 3. The number of aromatic nitrogens is 1. The van der Waals surface area contributed by atoms with Crippen molar-refractivity contribution in [1.29, 1.82) is 0 Å². The molecular formula is C9H10F3NO3. The van der Waals surface area contributed by atoms with Gasteiger partial charge in [0.1, 0.15) is 0 Å². The minimum atomic E-state index is -4.45. The van der Waals surface area contributed by atoms with Gasteiger partial charge in [-0.2, -0.15) is 13.2 Å². The molecule has 1 aromatic heterocycles. The molecule has 16 heavy (non-hydrogen) atoms. The van der Waals surface area contributed by atoms with E-state index in [1.54, 1.807) is 0 Å². The van der Waals surface area contributed by atoms with Gasteiger partial charge in [-0.25, -0.2) is 0 Å². The van der Waals surface area contributed by atoms with Gasteiger partial charge in [-0.3, -0.25) is 4.79 Å². The maximum absolute atomic E-state index is 12.1. The quantitative estimate of drug-likeness (QED) is 0.795. The van der Waals surface area contributed by atoms with Gasteiger partial charge < -0.3 is 14.8 Å². The summed E-state index contributed by atoms with van der Waals surface area (Å²) in [4.78, 5) is 11.1. The van der Waals surface area contributed by atoms with Gasteiger partial charge in [0.2, 0.25) is 5.43 Å². The van der Waals surface area contributed by atoms with E-state index in [4.69, 9.17) is 5.11 Å². The number of alkyl halides is 3. The third-order valence-corrected chi connectivity index (χ3v) is 2.17. The number of nitrogens with zero attached hydrogens (tertiary/aromatic N) is 1. The molecule has 7 heteroatoms. The normalized spacial score (nSPS) is 11.8. The summed E-state index contributed by atoms with van der Waals surface area (Å²) in [7, 11) is 1.24. The van der Waals surface area contributed by atoms with Crippen LogP contribution in [0.4, 0.5) is 13.2 Å². The second-order valence-electron chi connectivity index (χ2n) is 3.30. The molecule has 0 radical (unpaired) electrons. The van der Waals surface area contributed by atoms with Crippen molar-refractivity contribution in [3.63, 3.8) is 0 Å². The van der Waals surface area contributed by atoms with Crippen molar-refractivity contribution in [3.05, 3.63) is 27.7 Å². The lowest BCUT2D eigenvalue weighted by atomic mass is 10.2. The smallest absolute Gasteiger partial charge is 0.394 e. The molecule has 2 N–H and O–H groups in total. The second-order valence-corrected chi connectivity index (χ2v) is 3.30. The zero-order valence-electron chi connectivity index (χ0n) is 8.38. The highest BCUT2D eigenvalue weighted by molar-refractivity contribution is 5.29. The Morgan fingerprint density at radius 1 is 1.44 bits per heavy atom. The van der Waals surface area contributed by atoms with Crippen LogP contribution in [0.3, 0.4) is 0 Å². The third-order valence-electron chi connectivity index (χ3n) is 2.17. The Kier molecular flexibility index (Phi) is 3.27. The van der Waals surface area contributed by atoms with Crippen molar-refractivity contribution in [3.8, 4) is 5.75 Å². The minimum Gasteiger partial charge on any atom is -0.503 e. The number of hydrogen-bond acceptors (Lipinski definition) is 3. The highest BCUT2D eigenvalue weighted by Crippen LogP contribution is 2.22. The summed E-state index contributed by atoms with van der Waals surface area (Å²) < 4.78 is 37.4. The van der Waals surface area contributed by atoms with E-state index in [-0.39, 0.29) is 11.4 Å². The molecule has 0 fully saturated rings. The number of aliphatic hydroxyl groups excluding tert-OH is 1. The van der Waals surface area contributed by atoms with E-state index in [1.165, 1.54) is 7.05 Å². The number of hydrogen-bond donors (Lipinski definition) is 2. The van der Waals surface area contributed by atoms with Crippen molar-refractivity contribution >= 4 is 0 Å². The fourth-order valence-corrected chi connectivity index (χ4v) is 1.35. The molecule has 0 atom stereocenters. The van der Waals surface area contributed by atoms with Crippen molar-refractivity contribution in [1.82, 2.24) is 4.57 Å². The molecule has 0 saturated heterocycles. The molecular weight excluding hydrogens is 227 g/mol. The average molecular weight is 237 g/mol. The maximum atomic E-state index is 12.1. The van der Waals surface area contributed by atoms with Crippen LogP contribution < -0.4 is 5.43 Å². The summed E-state index contributed by atoms with van der Waals surface area (Å²) in [6.45, 7) is -0.705. The van der Waals surface area contributed by atoms with Crippen LogP contribution in [0.25, 0.3) is 0 Å². The van der Waals surface area contributed by atoms with Gasteiger partial charge in [0.15, 0.2) is 5.75 Å². The Morgan fingerprint density at radius 3 is 2.44 bits per heavy atom. The molecule has 0 spiro atoms. The first-order chi connectivity index (χ1) is 7.26. The van der Waals surface area contributed by atoms with Gasteiger partial charge >= 0.3 is 6.18 Å². The third kappa shape index (κ3) is 2.54. The van der Waals surface area contributed by atoms with Crippen LogP contribution in [0.2, 0.25) is 0 Å². The number of rotatable bonds is 2. The van der Waals surface area contributed by atoms with Gasteiger partial charge in [0.25, 0.3) is 0 Å². The van der Waals surface area contributed by atoms with Crippen LogP contribution >= 0.6 is 0 Å². The van der Waals surface area contributed by atoms with Crippen molar-refractivity contribution in [2.24, 2.45) is 7.05 Å². The highest BCUT2D eigenvalue weighted by Gasteiger charge is 2.29. The van der Waals surface area contributed by atoms with Gasteiger partial charge in [-0.05, 0) is 0 Å². The first-order valence-electron chi connectivity index (χ1n) is 4.34. The molecule has 0 aromatic carbocycles. The van der Waals surface area contributed by atoms with Crippen LogP contribution in [0.15, 0.2) is 10.9 Å². The molecule has 0 aliphatic rings. The number of pyridine rings is 1. The van der Waals surface area contributed by atoms with Crippen LogP contribution in [0.1, 0.15) is 11.4 Å². The summed E-state index contributed by atoms with van der Waals surface area (Å²) in [6.07, 6.45) is -5.74.